The number of benzene rings is 1. The van der Waals surface area contributed by atoms with Crippen LogP contribution in [0.4, 0.5) is 14.5 Å². The van der Waals surface area contributed by atoms with Crippen molar-refractivity contribution in [2.45, 2.75) is 25.6 Å². The Bertz CT molecular complexity index is 1200. The number of hydrazone groups is 1. The first kappa shape index (κ1) is 22.3. The summed E-state index contributed by atoms with van der Waals surface area (Å²) >= 11 is 1.47. The lowest BCUT2D eigenvalue weighted by Crippen LogP contribution is -2.30. The van der Waals surface area contributed by atoms with Crippen molar-refractivity contribution in [3.8, 4) is 11.5 Å². The number of carbonyl (C=O) groups is 1. The predicted octanol–water partition coefficient (Wildman–Crippen LogP) is 3.84. The van der Waals surface area contributed by atoms with Gasteiger partial charge in [0, 0.05) is 6.42 Å². The summed E-state index contributed by atoms with van der Waals surface area (Å²) in [5.41, 5.74) is 1.05. The van der Waals surface area contributed by atoms with E-state index in [4.69, 9.17) is 4.74 Å². The summed E-state index contributed by atoms with van der Waals surface area (Å²) in [6.45, 7) is -3.28. The molecule has 0 fully saturated rings. The monoisotopic (exact) mass is 477 g/mol. The molecule has 0 bridgehead atoms. The van der Waals surface area contributed by atoms with Gasteiger partial charge in [0.15, 0.2) is 11.5 Å². The molecule has 0 N–H and O–H groups in total. The standard InChI is InChI=1S/C20H17F2N5O5S/c1-31-17-7-12(4-5-16(17)32-20(21)22)15-8-14(18-3-2-6-33-18)24-26(15)19(28)11-25-10-13(9-23-25)27(29)30/h2-7,9-10,15,20H,8,11H2,1H3. The predicted molar refractivity (Wildman–Crippen MR) is 114 cm³/mol. The SMILES string of the molecule is COc1cc(C2CC(c3cccs3)=NN2C(=O)Cn2cc([N+](=O)[O-])cn2)ccc1OC(F)F. The van der Waals surface area contributed by atoms with E-state index < -0.39 is 23.5 Å². The van der Waals surface area contributed by atoms with Crippen LogP contribution in [0.1, 0.15) is 22.9 Å². The smallest absolute Gasteiger partial charge is 0.387 e. The number of ether oxygens (including phenoxy) is 2. The Labute approximate surface area is 189 Å². The molecule has 3 heterocycles. The molecule has 3 aromatic rings. The summed E-state index contributed by atoms with van der Waals surface area (Å²) in [4.78, 5) is 24.3. The lowest BCUT2D eigenvalue weighted by molar-refractivity contribution is -0.385. The molecule has 1 aliphatic heterocycles. The van der Waals surface area contributed by atoms with E-state index in [2.05, 4.69) is 14.9 Å². The maximum Gasteiger partial charge on any atom is 0.387 e. The summed E-state index contributed by atoms with van der Waals surface area (Å²) < 4.78 is 36.2. The number of amides is 1. The second kappa shape index (κ2) is 9.32. The number of methoxy groups -OCH3 is 1. The number of halogens is 2. The van der Waals surface area contributed by atoms with Crippen molar-refractivity contribution in [1.82, 2.24) is 14.8 Å². The van der Waals surface area contributed by atoms with E-state index in [0.29, 0.717) is 17.7 Å². The third-order valence-electron chi connectivity index (χ3n) is 4.89. The Kier molecular flexibility index (Phi) is 6.31. The molecule has 0 spiro atoms. The van der Waals surface area contributed by atoms with Gasteiger partial charge in [0.2, 0.25) is 0 Å². The summed E-state index contributed by atoms with van der Waals surface area (Å²) in [6.07, 6.45) is 2.60. The average molecular weight is 477 g/mol. The van der Waals surface area contributed by atoms with E-state index in [1.165, 1.54) is 35.6 Å². The molecule has 13 heteroatoms. The highest BCUT2D eigenvalue weighted by molar-refractivity contribution is 7.12. The van der Waals surface area contributed by atoms with Crippen LogP contribution in [-0.4, -0.2) is 45.1 Å². The zero-order chi connectivity index (χ0) is 23.5. The van der Waals surface area contributed by atoms with Gasteiger partial charge >= 0.3 is 12.3 Å². The number of thiophene rings is 1. The van der Waals surface area contributed by atoms with Crippen molar-refractivity contribution in [2.75, 3.05) is 7.11 Å². The highest BCUT2D eigenvalue weighted by atomic mass is 32.1. The number of hydrogen-bond acceptors (Lipinski definition) is 8. The van der Waals surface area contributed by atoms with Gasteiger partial charge in [-0.3, -0.25) is 19.6 Å². The number of aromatic nitrogens is 2. The fraction of sp³-hybridized carbons (Fsp3) is 0.250. The minimum atomic E-state index is -3.01. The van der Waals surface area contributed by atoms with E-state index >= 15 is 0 Å². The van der Waals surface area contributed by atoms with Gasteiger partial charge in [-0.2, -0.15) is 19.0 Å². The Morgan fingerprint density at radius 3 is 2.82 bits per heavy atom. The van der Waals surface area contributed by atoms with E-state index in [1.807, 2.05) is 17.5 Å². The van der Waals surface area contributed by atoms with Gasteiger partial charge in [-0.05, 0) is 29.1 Å². The number of nitro groups is 1. The molecule has 2 aromatic heterocycles. The fourth-order valence-electron chi connectivity index (χ4n) is 3.42. The van der Waals surface area contributed by atoms with Crippen molar-refractivity contribution in [2.24, 2.45) is 5.10 Å². The summed E-state index contributed by atoms with van der Waals surface area (Å²) in [5, 5.41) is 22.4. The van der Waals surface area contributed by atoms with Crippen LogP contribution >= 0.6 is 11.3 Å². The number of nitrogens with zero attached hydrogens (tertiary/aromatic N) is 5. The molecule has 0 radical (unpaired) electrons. The lowest BCUT2D eigenvalue weighted by atomic mass is 10.0. The molecule has 1 aromatic carbocycles. The van der Waals surface area contributed by atoms with Crippen LogP contribution in [0.5, 0.6) is 11.5 Å². The highest BCUT2D eigenvalue weighted by Gasteiger charge is 2.34. The van der Waals surface area contributed by atoms with Gasteiger partial charge in [-0.25, -0.2) is 5.01 Å². The molecule has 1 unspecified atom stereocenters. The van der Waals surface area contributed by atoms with E-state index in [-0.39, 0.29) is 23.7 Å². The van der Waals surface area contributed by atoms with Crippen molar-refractivity contribution in [3.05, 3.63) is 68.7 Å². The van der Waals surface area contributed by atoms with Gasteiger partial charge in [0.1, 0.15) is 18.9 Å². The topological polar surface area (TPSA) is 112 Å². The molecule has 1 atom stereocenters. The Balaban J connectivity index is 1.64. The van der Waals surface area contributed by atoms with Gasteiger partial charge in [-0.1, -0.05) is 12.1 Å². The quantitative estimate of drug-likeness (QED) is 0.360. The number of carbonyl (C=O) groups excluding carboxylic acids is 1. The minimum Gasteiger partial charge on any atom is -0.493 e. The normalized spacial score (nSPS) is 15.6. The van der Waals surface area contributed by atoms with Crippen LogP contribution in [0.2, 0.25) is 0 Å². The summed E-state index contributed by atoms with van der Waals surface area (Å²) in [7, 11) is 1.33. The number of alkyl halides is 2. The Morgan fingerprint density at radius 2 is 2.18 bits per heavy atom. The molecule has 33 heavy (non-hydrogen) atoms. The zero-order valence-electron chi connectivity index (χ0n) is 17.1. The largest absolute Gasteiger partial charge is 0.493 e. The molecule has 4 rings (SSSR count). The molecule has 172 valence electrons. The summed E-state index contributed by atoms with van der Waals surface area (Å²) in [5.74, 6) is -0.487. The minimum absolute atomic E-state index is 0.0903. The van der Waals surface area contributed by atoms with Crippen molar-refractivity contribution in [3.63, 3.8) is 0 Å². The first-order valence-electron chi connectivity index (χ1n) is 9.58. The molecule has 0 aliphatic carbocycles. The molecular weight excluding hydrogens is 460 g/mol. The number of rotatable bonds is 8. The van der Waals surface area contributed by atoms with Crippen LogP contribution in [-0.2, 0) is 11.3 Å². The van der Waals surface area contributed by atoms with E-state index in [9.17, 15) is 23.7 Å². The lowest BCUT2D eigenvalue weighted by Gasteiger charge is -2.23. The van der Waals surface area contributed by atoms with Gasteiger partial charge in [-0.15, -0.1) is 11.3 Å². The van der Waals surface area contributed by atoms with Gasteiger partial charge in [0.05, 0.1) is 28.7 Å². The second-order valence-corrected chi connectivity index (χ2v) is 7.87. The first-order valence-corrected chi connectivity index (χ1v) is 10.5. The third-order valence-corrected chi connectivity index (χ3v) is 5.81. The van der Waals surface area contributed by atoms with Gasteiger partial charge in [0.25, 0.3) is 5.91 Å². The van der Waals surface area contributed by atoms with Crippen LogP contribution in [0.3, 0.4) is 0 Å². The van der Waals surface area contributed by atoms with Crippen LogP contribution < -0.4 is 9.47 Å². The number of hydrogen-bond donors (Lipinski definition) is 0. The van der Waals surface area contributed by atoms with E-state index in [1.54, 1.807) is 6.07 Å². The maximum absolute atomic E-state index is 13.1. The third kappa shape index (κ3) is 4.82. The van der Waals surface area contributed by atoms with Crippen molar-refractivity contribution >= 4 is 28.6 Å². The van der Waals surface area contributed by atoms with E-state index in [0.717, 1.165) is 22.0 Å². The van der Waals surface area contributed by atoms with Crippen molar-refractivity contribution < 1.29 is 28.0 Å². The van der Waals surface area contributed by atoms with Crippen LogP contribution in [0.25, 0.3) is 0 Å². The Hall–Kier alpha value is -3.87. The zero-order valence-corrected chi connectivity index (χ0v) is 17.9. The molecular formula is C20H17F2N5O5S. The second-order valence-electron chi connectivity index (χ2n) is 6.92. The van der Waals surface area contributed by atoms with Crippen LogP contribution in [0.15, 0.2) is 53.2 Å². The molecule has 0 saturated carbocycles. The highest BCUT2D eigenvalue weighted by Crippen LogP contribution is 2.38. The Morgan fingerprint density at radius 1 is 1.36 bits per heavy atom. The fourth-order valence-corrected chi connectivity index (χ4v) is 4.14. The molecule has 1 amide bonds. The van der Waals surface area contributed by atoms with Gasteiger partial charge < -0.3 is 9.47 Å². The maximum atomic E-state index is 13.1. The molecule has 1 aliphatic rings. The molecule has 0 saturated heterocycles. The van der Waals surface area contributed by atoms with Crippen LogP contribution in [0, 0.1) is 10.1 Å². The summed E-state index contributed by atoms with van der Waals surface area (Å²) in [6, 6.07) is 7.64. The average Bonchev–Trinajstić information content (AvgIpc) is 3.53. The van der Waals surface area contributed by atoms with Crippen molar-refractivity contribution in [1.29, 1.82) is 0 Å². The molecule has 10 nitrogen and oxygen atoms in total. The first-order chi connectivity index (χ1) is 15.9.